The van der Waals surface area contributed by atoms with Crippen LogP contribution in [0.4, 0.5) is 0 Å². The zero-order chi connectivity index (χ0) is 17.4. The predicted octanol–water partition coefficient (Wildman–Crippen LogP) is 2.49. The van der Waals surface area contributed by atoms with Crippen molar-refractivity contribution in [2.75, 3.05) is 6.61 Å². The maximum Gasteiger partial charge on any atom is 0.266 e. The zero-order valence-electron chi connectivity index (χ0n) is 13.4. The first-order valence-electron chi connectivity index (χ1n) is 7.63. The van der Waals surface area contributed by atoms with Crippen molar-refractivity contribution >= 4 is 15.9 Å². The molecule has 2 aromatic rings. The summed E-state index contributed by atoms with van der Waals surface area (Å²) in [5.41, 5.74) is 2.51. The van der Waals surface area contributed by atoms with Gasteiger partial charge in [0.05, 0.1) is 11.5 Å². The van der Waals surface area contributed by atoms with Gasteiger partial charge in [0.25, 0.3) is 15.9 Å². The van der Waals surface area contributed by atoms with E-state index in [0.29, 0.717) is 17.9 Å². The standard InChI is InChI=1S/C17H20N2O4S/c1-2-3-12-23-15-9-7-8-14(13-15)17(20)18-19-24(21,22)16-10-5-4-6-11-16/h4-11,13,19H,2-3,12H2,1H3,(H,18,20). The molecule has 0 atom stereocenters. The number of amides is 1. The van der Waals surface area contributed by atoms with E-state index < -0.39 is 15.9 Å². The zero-order valence-corrected chi connectivity index (χ0v) is 14.2. The summed E-state index contributed by atoms with van der Waals surface area (Å²) in [7, 11) is -3.80. The molecule has 2 N–H and O–H groups in total. The third kappa shape index (κ3) is 5.07. The molecule has 0 heterocycles. The van der Waals surface area contributed by atoms with Crippen LogP contribution in [0.3, 0.4) is 0 Å². The molecule has 0 aromatic heterocycles. The molecule has 2 rings (SSSR count). The summed E-state index contributed by atoms with van der Waals surface area (Å²) in [6.07, 6.45) is 1.94. The van der Waals surface area contributed by atoms with Crippen LogP contribution in [0.25, 0.3) is 0 Å². The monoisotopic (exact) mass is 348 g/mol. The second kappa shape index (κ2) is 8.47. The third-order valence-electron chi connectivity index (χ3n) is 3.22. The Morgan fingerprint density at radius 2 is 1.83 bits per heavy atom. The lowest BCUT2D eigenvalue weighted by Crippen LogP contribution is -2.41. The molecule has 0 fully saturated rings. The molecule has 0 spiro atoms. The van der Waals surface area contributed by atoms with Gasteiger partial charge in [-0.1, -0.05) is 37.6 Å². The predicted molar refractivity (Wildman–Crippen MR) is 91.1 cm³/mol. The Labute approximate surface area is 141 Å². The lowest BCUT2D eigenvalue weighted by molar-refractivity contribution is 0.0944. The molecule has 2 aromatic carbocycles. The van der Waals surface area contributed by atoms with Gasteiger partial charge in [-0.05, 0) is 36.8 Å². The molecular formula is C17H20N2O4S. The highest BCUT2D eigenvalue weighted by atomic mass is 32.2. The Kier molecular flexibility index (Phi) is 6.34. The molecule has 0 aliphatic rings. The highest BCUT2D eigenvalue weighted by Gasteiger charge is 2.15. The minimum absolute atomic E-state index is 0.0712. The van der Waals surface area contributed by atoms with E-state index in [0.717, 1.165) is 12.8 Å². The van der Waals surface area contributed by atoms with E-state index in [-0.39, 0.29) is 4.90 Å². The van der Waals surface area contributed by atoms with Crippen molar-refractivity contribution in [1.29, 1.82) is 0 Å². The number of hydrogen-bond acceptors (Lipinski definition) is 4. The van der Waals surface area contributed by atoms with Gasteiger partial charge in [0, 0.05) is 5.56 Å². The van der Waals surface area contributed by atoms with Crippen molar-refractivity contribution in [2.45, 2.75) is 24.7 Å². The van der Waals surface area contributed by atoms with Crippen LogP contribution in [0.1, 0.15) is 30.1 Å². The van der Waals surface area contributed by atoms with Gasteiger partial charge in [-0.2, -0.15) is 0 Å². The Bertz CT molecular complexity index is 776. The maximum atomic E-state index is 12.1. The van der Waals surface area contributed by atoms with Crippen LogP contribution in [-0.2, 0) is 10.0 Å². The molecule has 128 valence electrons. The molecule has 24 heavy (non-hydrogen) atoms. The molecule has 0 aliphatic heterocycles. The van der Waals surface area contributed by atoms with Crippen molar-refractivity contribution in [1.82, 2.24) is 10.3 Å². The fraction of sp³-hybridized carbons (Fsp3) is 0.235. The summed E-state index contributed by atoms with van der Waals surface area (Å²) >= 11 is 0. The van der Waals surface area contributed by atoms with Gasteiger partial charge in [0.15, 0.2) is 0 Å². The first kappa shape index (κ1) is 18.0. The number of hydrazine groups is 1. The second-order valence-corrected chi connectivity index (χ2v) is 6.78. The summed E-state index contributed by atoms with van der Waals surface area (Å²) < 4.78 is 29.7. The Morgan fingerprint density at radius 3 is 2.54 bits per heavy atom. The number of nitrogens with one attached hydrogen (secondary N) is 2. The van der Waals surface area contributed by atoms with Gasteiger partial charge in [-0.3, -0.25) is 10.2 Å². The number of hydrogen-bond donors (Lipinski definition) is 2. The largest absolute Gasteiger partial charge is 0.494 e. The summed E-state index contributed by atoms with van der Waals surface area (Å²) in [5, 5.41) is 0. The van der Waals surface area contributed by atoms with E-state index >= 15 is 0 Å². The summed E-state index contributed by atoms with van der Waals surface area (Å²) in [6, 6.07) is 14.4. The van der Waals surface area contributed by atoms with Gasteiger partial charge in [-0.15, -0.1) is 4.83 Å². The van der Waals surface area contributed by atoms with Gasteiger partial charge in [0.2, 0.25) is 0 Å². The van der Waals surface area contributed by atoms with E-state index in [1.165, 1.54) is 12.1 Å². The first-order valence-corrected chi connectivity index (χ1v) is 9.11. The minimum atomic E-state index is -3.80. The van der Waals surface area contributed by atoms with Gasteiger partial charge >= 0.3 is 0 Å². The fourth-order valence-electron chi connectivity index (χ4n) is 1.91. The van der Waals surface area contributed by atoms with Crippen molar-refractivity contribution in [2.24, 2.45) is 0 Å². The molecule has 0 saturated heterocycles. The van der Waals surface area contributed by atoms with Crippen molar-refractivity contribution in [3.05, 3.63) is 60.2 Å². The minimum Gasteiger partial charge on any atom is -0.494 e. The van der Waals surface area contributed by atoms with Crippen LogP contribution >= 0.6 is 0 Å². The number of carbonyl (C=O) groups is 1. The summed E-state index contributed by atoms with van der Waals surface area (Å²) in [4.78, 5) is 14.3. The number of unbranched alkanes of at least 4 members (excludes halogenated alkanes) is 1. The average molecular weight is 348 g/mol. The van der Waals surface area contributed by atoms with E-state index in [2.05, 4.69) is 17.2 Å². The van der Waals surface area contributed by atoms with Crippen LogP contribution in [-0.4, -0.2) is 20.9 Å². The average Bonchev–Trinajstić information content (AvgIpc) is 2.61. The van der Waals surface area contributed by atoms with Gasteiger partial charge in [0.1, 0.15) is 5.75 Å². The lowest BCUT2D eigenvalue weighted by atomic mass is 10.2. The highest BCUT2D eigenvalue weighted by molar-refractivity contribution is 7.89. The SMILES string of the molecule is CCCCOc1cccc(C(=O)NNS(=O)(=O)c2ccccc2)c1. The number of rotatable bonds is 8. The van der Waals surface area contributed by atoms with E-state index in [1.54, 1.807) is 42.5 Å². The third-order valence-corrected chi connectivity index (χ3v) is 4.48. The highest BCUT2D eigenvalue weighted by Crippen LogP contribution is 2.14. The maximum absolute atomic E-state index is 12.1. The van der Waals surface area contributed by atoms with Crippen LogP contribution in [0.5, 0.6) is 5.75 Å². The Hall–Kier alpha value is -2.38. The molecule has 0 aliphatic carbocycles. The second-order valence-electron chi connectivity index (χ2n) is 5.10. The Balaban J connectivity index is 1.99. The summed E-state index contributed by atoms with van der Waals surface area (Å²) in [6.45, 7) is 2.63. The molecule has 6 nitrogen and oxygen atoms in total. The molecule has 7 heteroatoms. The van der Waals surface area contributed by atoms with Crippen LogP contribution in [0.2, 0.25) is 0 Å². The molecule has 0 saturated carbocycles. The van der Waals surface area contributed by atoms with E-state index in [4.69, 9.17) is 4.74 Å². The van der Waals surface area contributed by atoms with Crippen LogP contribution < -0.4 is 15.0 Å². The topological polar surface area (TPSA) is 84.5 Å². The quantitative estimate of drug-likeness (QED) is 0.567. The van der Waals surface area contributed by atoms with Crippen molar-refractivity contribution in [3.63, 3.8) is 0 Å². The normalized spacial score (nSPS) is 11.0. The number of sulfonamides is 1. The molecule has 0 bridgehead atoms. The molecule has 0 radical (unpaired) electrons. The number of ether oxygens (including phenoxy) is 1. The smallest absolute Gasteiger partial charge is 0.266 e. The fourth-order valence-corrected chi connectivity index (χ4v) is 2.77. The van der Waals surface area contributed by atoms with Gasteiger partial charge < -0.3 is 4.74 Å². The van der Waals surface area contributed by atoms with Crippen LogP contribution in [0.15, 0.2) is 59.5 Å². The van der Waals surface area contributed by atoms with Gasteiger partial charge in [-0.25, -0.2) is 8.42 Å². The van der Waals surface area contributed by atoms with Crippen molar-refractivity contribution in [3.8, 4) is 5.75 Å². The van der Waals surface area contributed by atoms with E-state index in [1.807, 2.05) is 0 Å². The summed E-state index contributed by atoms with van der Waals surface area (Å²) in [5.74, 6) is 0.0115. The lowest BCUT2D eigenvalue weighted by Gasteiger charge is -2.10. The first-order chi connectivity index (χ1) is 11.5. The Morgan fingerprint density at radius 1 is 1.08 bits per heavy atom. The van der Waals surface area contributed by atoms with E-state index in [9.17, 15) is 13.2 Å². The molecule has 1 amide bonds. The number of carbonyl (C=O) groups excluding carboxylic acids is 1. The molecular weight excluding hydrogens is 328 g/mol. The molecule has 0 unspecified atom stereocenters. The number of benzene rings is 2. The van der Waals surface area contributed by atoms with Crippen LogP contribution in [0, 0.1) is 0 Å². The van der Waals surface area contributed by atoms with Crippen molar-refractivity contribution < 1.29 is 17.9 Å².